The third kappa shape index (κ3) is 3.90. The van der Waals surface area contributed by atoms with Crippen molar-refractivity contribution in [3.8, 4) is 29.3 Å². The van der Waals surface area contributed by atoms with E-state index in [1.54, 1.807) is 12.1 Å². The summed E-state index contributed by atoms with van der Waals surface area (Å²) in [6.45, 7) is 0. The van der Waals surface area contributed by atoms with Crippen LogP contribution in [0.15, 0.2) is 17.0 Å². The Balaban J connectivity index is 2.35. The van der Waals surface area contributed by atoms with Crippen molar-refractivity contribution >= 4 is 38.9 Å². The van der Waals surface area contributed by atoms with E-state index in [0.29, 0.717) is 12.1 Å². The van der Waals surface area contributed by atoms with Gasteiger partial charge in [-0.2, -0.15) is 28.8 Å². The molecule has 0 radical (unpaired) electrons. The van der Waals surface area contributed by atoms with Crippen molar-refractivity contribution in [1.82, 2.24) is 19.7 Å². The molecule has 0 bridgehead atoms. The normalized spacial score (nSPS) is 11.9. The summed E-state index contributed by atoms with van der Waals surface area (Å²) in [4.78, 5) is 5.74. The van der Waals surface area contributed by atoms with E-state index in [1.807, 2.05) is 0 Å². The summed E-state index contributed by atoms with van der Waals surface area (Å²) in [5.41, 5.74) is 3.54. The minimum absolute atomic E-state index is 0.254. The molecule has 0 aliphatic carbocycles. The Bertz CT molecular complexity index is 1360. The zero-order chi connectivity index (χ0) is 23.3. The van der Waals surface area contributed by atoms with Gasteiger partial charge in [-0.25, -0.2) is 18.1 Å². The highest BCUT2D eigenvalue weighted by Crippen LogP contribution is 2.40. The van der Waals surface area contributed by atoms with E-state index in [2.05, 4.69) is 15.1 Å². The van der Waals surface area contributed by atoms with Crippen molar-refractivity contribution in [3.63, 3.8) is 0 Å². The Morgan fingerprint density at radius 1 is 1.19 bits per heavy atom. The molecule has 0 saturated carbocycles. The van der Waals surface area contributed by atoms with Gasteiger partial charge in [-0.3, -0.25) is 0 Å². The van der Waals surface area contributed by atoms with E-state index < -0.39 is 42.3 Å². The number of imidazole rings is 1. The smallest absolute Gasteiger partial charge is 0.382 e. The Hall–Kier alpha value is -3.26. The molecule has 0 unspecified atom stereocenters. The number of aromatic nitrogens is 4. The maximum Gasteiger partial charge on any atom is 0.416 e. The lowest BCUT2D eigenvalue weighted by molar-refractivity contribution is -0.137. The van der Waals surface area contributed by atoms with Gasteiger partial charge in [0.1, 0.15) is 34.2 Å². The van der Waals surface area contributed by atoms with Gasteiger partial charge in [0.2, 0.25) is 0 Å². The van der Waals surface area contributed by atoms with Crippen LogP contribution in [0.25, 0.3) is 17.2 Å². The number of nitrogens with two attached hydrogens (primary N) is 1. The number of halogens is 5. The van der Waals surface area contributed by atoms with Gasteiger partial charge >= 0.3 is 6.18 Å². The number of nitrogens with zero attached hydrogens (tertiary/aromatic N) is 5. The predicted octanol–water partition coefficient (Wildman–Crippen LogP) is 3.32. The summed E-state index contributed by atoms with van der Waals surface area (Å²) in [6, 6.07) is 4.50. The second-order valence-corrected chi connectivity index (χ2v) is 8.83. The minimum atomic E-state index is -4.74. The van der Waals surface area contributed by atoms with E-state index in [9.17, 15) is 21.6 Å². The number of sulfone groups is 1. The van der Waals surface area contributed by atoms with Crippen LogP contribution in [0.1, 0.15) is 17.0 Å². The topological polar surface area (TPSA) is 154 Å². The Kier molecular flexibility index (Phi) is 5.40. The van der Waals surface area contributed by atoms with Gasteiger partial charge in [-0.1, -0.05) is 23.2 Å². The number of anilines is 1. The van der Waals surface area contributed by atoms with Gasteiger partial charge in [-0.05, 0) is 12.1 Å². The predicted molar refractivity (Wildman–Crippen MR) is 103 cm³/mol. The largest absolute Gasteiger partial charge is 0.416 e. The molecule has 15 heteroatoms. The van der Waals surface area contributed by atoms with Crippen LogP contribution in [0.4, 0.5) is 19.0 Å². The number of benzene rings is 1. The first kappa shape index (κ1) is 22.4. The van der Waals surface area contributed by atoms with Crippen molar-refractivity contribution in [2.75, 3.05) is 12.0 Å². The Morgan fingerprint density at radius 3 is 2.19 bits per heavy atom. The van der Waals surface area contributed by atoms with Gasteiger partial charge in [0.05, 0.1) is 15.6 Å². The molecule has 0 spiro atoms. The van der Waals surface area contributed by atoms with E-state index in [0.717, 1.165) is 10.9 Å². The van der Waals surface area contributed by atoms with E-state index in [1.165, 1.54) is 0 Å². The Labute approximate surface area is 182 Å². The molecule has 3 aromatic rings. The molecule has 2 aromatic heterocycles. The third-order valence-electron chi connectivity index (χ3n) is 3.95. The number of alkyl halides is 3. The van der Waals surface area contributed by atoms with Crippen LogP contribution in [0.5, 0.6) is 0 Å². The summed E-state index contributed by atoms with van der Waals surface area (Å²) < 4.78 is 64.5. The van der Waals surface area contributed by atoms with Gasteiger partial charge in [0.15, 0.2) is 27.0 Å². The molecular weight excluding hydrogens is 482 g/mol. The molecule has 0 aliphatic heterocycles. The molecule has 0 aliphatic rings. The zero-order valence-corrected chi connectivity index (χ0v) is 17.4. The van der Waals surface area contributed by atoms with Crippen LogP contribution in [0, 0.1) is 22.7 Å². The molecule has 0 fully saturated rings. The number of nitriles is 2. The lowest BCUT2D eigenvalue weighted by atomic mass is 10.2. The number of nitrogens with one attached hydrogen (secondary N) is 1. The molecule has 2 heterocycles. The molecule has 3 N–H and O–H groups in total. The molecule has 1 aromatic carbocycles. The Morgan fingerprint density at radius 2 is 1.77 bits per heavy atom. The first-order valence-corrected chi connectivity index (χ1v) is 10.5. The van der Waals surface area contributed by atoms with Crippen LogP contribution >= 0.6 is 23.2 Å². The van der Waals surface area contributed by atoms with Crippen molar-refractivity contribution in [1.29, 1.82) is 10.5 Å². The fraction of sp³-hybridized carbons (Fsp3) is 0.125. The lowest BCUT2D eigenvalue weighted by Gasteiger charge is -2.13. The summed E-state index contributed by atoms with van der Waals surface area (Å²) in [7, 11) is -4.07. The highest BCUT2D eigenvalue weighted by atomic mass is 35.5. The standard InChI is InChI=1S/C16H8Cl2F3N7O2S/c1-31(29,30)13-11(15-25-9(4-22)10(5-23)26-15)27-28(14(13)24)12-7(17)2-6(3-8(12)18)16(19,20)21/h2-3H,24H2,1H3,(H,25,26). The molecule has 0 amide bonds. The van der Waals surface area contributed by atoms with Crippen molar-refractivity contribution in [3.05, 3.63) is 39.1 Å². The van der Waals surface area contributed by atoms with Gasteiger partial charge in [-0.15, -0.1) is 0 Å². The summed E-state index contributed by atoms with van der Waals surface area (Å²) >= 11 is 12.0. The molecule has 0 saturated heterocycles. The second-order valence-electron chi connectivity index (χ2n) is 6.07. The lowest BCUT2D eigenvalue weighted by Crippen LogP contribution is -2.09. The number of rotatable bonds is 3. The van der Waals surface area contributed by atoms with Crippen LogP contribution in [-0.2, 0) is 16.0 Å². The first-order chi connectivity index (χ1) is 14.3. The van der Waals surface area contributed by atoms with Crippen LogP contribution in [0.2, 0.25) is 10.0 Å². The summed E-state index contributed by atoms with van der Waals surface area (Å²) in [6.07, 6.45) is -3.93. The summed E-state index contributed by atoms with van der Waals surface area (Å²) in [5, 5.41) is 21.1. The van der Waals surface area contributed by atoms with Gasteiger partial charge < -0.3 is 10.7 Å². The molecule has 3 rings (SSSR count). The maximum absolute atomic E-state index is 13.0. The van der Waals surface area contributed by atoms with Crippen LogP contribution < -0.4 is 5.73 Å². The average Bonchev–Trinajstić information content (AvgIpc) is 3.21. The highest BCUT2D eigenvalue weighted by Gasteiger charge is 2.34. The van der Waals surface area contributed by atoms with Crippen molar-refractivity contribution < 1.29 is 21.6 Å². The SMILES string of the molecule is CS(=O)(=O)c1c(-c2nc(C#N)c(C#N)[nH]2)nn(-c2c(Cl)cc(C(F)(F)F)cc2Cl)c1N. The number of H-pyrrole nitrogens is 1. The van der Waals surface area contributed by atoms with Gasteiger partial charge in [0.25, 0.3) is 0 Å². The maximum atomic E-state index is 13.0. The summed E-state index contributed by atoms with van der Waals surface area (Å²) in [5.74, 6) is -0.799. The van der Waals surface area contributed by atoms with E-state index >= 15 is 0 Å². The van der Waals surface area contributed by atoms with E-state index in [-0.39, 0.29) is 28.6 Å². The quantitative estimate of drug-likeness (QED) is 0.571. The molecule has 0 atom stereocenters. The third-order valence-corrected chi connectivity index (χ3v) is 5.67. The average molecular weight is 490 g/mol. The minimum Gasteiger partial charge on any atom is -0.382 e. The van der Waals surface area contributed by atoms with Crippen LogP contribution in [0.3, 0.4) is 0 Å². The number of nitrogen functional groups attached to an aromatic ring is 1. The fourth-order valence-corrected chi connectivity index (χ4v) is 4.29. The molecule has 9 nitrogen and oxygen atoms in total. The number of aromatic amines is 1. The molecule has 160 valence electrons. The van der Waals surface area contributed by atoms with E-state index in [4.69, 9.17) is 39.5 Å². The monoisotopic (exact) mass is 489 g/mol. The second kappa shape index (κ2) is 7.46. The first-order valence-electron chi connectivity index (χ1n) is 7.85. The highest BCUT2D eigenvalue weighted by molar-refractivity contribution is 7.91. The van der Waals surface area contributed by atoms with Crippen molar-refractivity contribution in [2.45, 2.75) is 11.1 Å². The molecule has 31 heavy (non-hydrogen) atoms. The van der Waals surface area contributed by atoms with Crippen molar-refractivity contribution in [2.24, 2.45) is 0 Å². The molecular formula is C16H8Cl2F3N7O2S. The van der Waals surface area contributed by atoms with Gasteiger partial charge in [0, 0.05) is 6.26 Å². The zero-order valence-electron chi connectivity index (χ0n) is 15.1. The number of hydrogen-bond acceptors (Lipinski definition) is 7. The van der Waals surface area contributed by atoms with Crippen LogP contribution in [-0.4, -0.2) is 34.4 Å². The fourth-order valence-electron chi connectivity index (χ4n) is 2.69. The number of hydrogen-bond donors (Lipinski definition) is 2.